The first-order valence-corrected chi connectivity index (χ1v) is 11.7. The Morgan fingerprint density at radius 3 is 2.87 bits per heavy atom. The van der Waals surface area contributed by atoms with E-state index in [4.69, 9.17) is 26.5 Å². The van der Waals surface area contributed by atoms with Gasteiger partial charge in [0, 0.05) is 12.2 Å². The Morgan fingerprint density at radius 1 is 1.26 bits per heavy atom. The molecule has 0 saturated heterocycles. The molecule has 0 bridgehead atoms. The summed E-state index contributed by atoms with van der Waals surface area (Å²) in [4.78, 5) is 7.86. The Bertz CT molecular complexity index is 1070. The summed E-state index contributed by atoms with van der Waals surface area (Å²) in [5, 5.41) is 10.5. The van der Waals surface area contributed by atoms with Crippen molar-refractivity contribution in [1.82, 2.24) is 20.4 Å². The molecule has 2 aromatic heterocycles. The van der Waals surface area contributed by atoms with Crippen LogP contribution in [-0.4, -0.2) is 33.8 Å². The van der Waals surface area contributed by atoms with E-state index in [9.17, 15) is 0 Å². The highest BCUT2D eigenvalue weighted by molar-refractivity contribution is 7.80. The maximum absolute atomic E-state index is 5.76. The minimum atomic E-state index is -0.207. The molecule has 0 radical (unpaired) electrons. The lowest BCUT2D eigenvalue weighted by molar-refractivity contribution is 0.394. The lowest BCUT2D eigenvalue weighted by Crippen LogP contribution is -2.46. The van der Waals surface area contributed by atoms with Crippen molar-refractivity contribution < 1.29 is 9.26 Å². The van der Waals surface area contributed by atoms with Gasteiger partial charge in [0.25, 0.3) is 5.89 Å². The van der Waals surface area contributed by atoms with Crippen LogP contribution >= 0.6 is 23.6 Å². The molecular formula is C23H26N4O2S2. The third-order valence-electron chi connectivity index (χ3n) is 5.41. The summed E-state index contributed by atoms with van der Waals surface area (Å²) in [5.41, 5.74) is 3.00. The number of methoxy groups -OCH3 is 1. The number of hydrogen-bond donors (Lipinski definition) is 1. The smallest absolute Gasteiger partial charge is 0.258 e. The van der Waals surface area contributed by atoms with E-state index in [1.165, 1.54) is 0 Å². The van der Waals surface area contributed by atoms with Gasteiger partial charge in [-0.25, -0.2) is 0 Å². The molecule has 0 saturated carbocycles. The van der Waals surface area contributed by atoms with Gasteiger partial charge in [0.05, 0.1) is 23.6 Å². The number of nitrogens with one attached hydrogen (secondary N) is 1. The summed E-state index contributed by atoms with van der Waals surface area (Å²) in [6.07, 6.45) is 3.38. The van der Waals surface area contributed by atoms with Crippen molar-refractivity contribution in [1.29, 1.82) is 0 Å². The summed E-state index contributed by atoms with van der Waals surface area (Å²) in [7, 11) is 1.67. The predicted molar refractivity (Wildman–Crippen MR) is 128 cm³/mol. The molecule has 1 atom stereocenters. The molecule has 1 aliphatic rings. The van der Waals surface area contributed by atoms with Gasteiger partial charge in [-0.1, -0.05) is 43.1 Å². The number of thiocarbonyl (C=S) groups is 1. The highest BCUT2D eigenvalue weighted by Gasteiger charge is 2.34. The lowest BCUT2D eigenvalue weighted by atomic mass is 9.94. The van der Waals surface area contributed by atoms with E-state index in [2.05, 4.69) is 35.3 Å². The van der Waals surface area contributed by atoms with E-state index < -0.39 is 0 Å². The lowest BCUT2D eigenvalue weighted by Gasteiger charge is -2.37. The van der Waals surface area contributed by atoms with Crippen molar-refractivity contribution in [2.45, 2.75) is 39.2 Å². The zero-order valence-electron chi connectivity index (χ0n) is 17.9. The number of hydrogen-bond acceptors (Lipinski definition) is 6. The topological polar surface area (TPSA) is 63.4 Å². The van der Waals surface area contributed by atoms with Gasteiger partial charge in [0.1, 0.15) is 5.75 Å². The summed E-state index contributed by atoms with van der Waals surface area (Å²) in [5.74, 6) is 1.89. The third kappa shape index (κ3) is 4.50. The average molecular weight is 455 g/mol. The molecule has 0 spiro atoms. The zero-order valence-corrected chi connectivity index (χ0v) is 19.6. The van der Waals surface area contributed by atoms with Crippen LogP contribution in [0.25, 0.3) is 16.3 Å². The molecule has 1 aliphatic heterocycles. The van der Waals surface area contributed by atoms with Gasteiger partial charge in [-0.05, 0) is 54.7 Å². The third-order valence-corrected chi connectivity index (χ3v) is 6.61. The van der Waals surface area contributed by atoms with Gasteiger partial charge in [-0.2, -0.15) is 4.98 Å². The Labute approximate surface area is 191 Å². The second kappa shape index (κ2) is 9.62. The van der Waals surface area contributed by atoms with Crippen molar-refractivity contribution in [2.24, 2.45) is 0 Å². The largest absolute Gasteiger partial charge is 0.497 e. The van der Waals surface area contributed by atoms with Gasteiger partial charge in [-0.3, -0.25) is 0 Å². The fourth-order valence-corrected chi connectivity index (χ4v) is 4.75. The molecular weight excluding hydrogens is 428 g/mol. The molecule has 3 heterocycles. The molecule has 31 heavy (non-hydrogen) atoms. The minimum Gasteiger partial charge on any atom is -0.497 e. The zero-order chi connectivity index (χ0) is 21.8. The average Bonchev–Trinajstić information content (AvgIpc) is 3.48. The second-order valence-electron chi connectivity index (χ2n) is 7.42. The van der Waals surface area contributed by atoms with Crippen molar-refractivity contribution >= 4 is 34.2 Å². The molecule has 0 amide bonds. The van der Waals surface area contributed by atoms with Crippen LogP contribution in [0.5, 0.6) is 5.75 Å². The number of unbranched alkanes of at least 4 members (excludes halogenated alkanes) is 2. The quantitative estimate of drug-likeness (QED) is 0.348. The number of allylic oxidation sites excluding steroid dienone is 1. The highest BCUT2D eigenvalue weighted by Crippen LogP contribution is 2.38. The van der Waals surface area contributed by atoms with Crippen LogP contribution in [0.3, 0.4) is 0 Å². The minimum absolute atomic E-state index is 0.207. The van der Waals surface area contributed by atoms with Gasteiger partial charge in [0.2, 0.25) is 5.82 Å². The van der Waals surface area contributed by atoms with Gasteiger partial charge >= 0.3 is 0 Å². The van der Waals surface area contributed by atoms with Crippen molar-refractivity contribution in [3.63, 3.8) is 0 Å². The maximum Gasteiger partial charge on any atom is 0.258 e. The van der Waals surface area contributed by atoms with Crippen molar-refractivity contribution in [2.75, 3.05) is 13.7 Å². The summed E-state index contributed by atoms with van der Waals surface area (Å²) < 4.78 is 11.2. The van der Waals surface area contributed by atoms with Crippen LogP contribution in [-0.2, 0) is 0 Å². The first-order valence-electron chi connectivity index (χ1n) is 10.4. The first-order chi connectivity index (χ1) is 15.1. The SMILES string of the molecule is CCCCCN1C(=S)NC(c2cccc(OC)c2)C(c2nc(-c3cccs3)no2)=C1C. The first kappa shape index (κ1) is 21.5. The monoisotopic (exact) mass is 454 g/mol. The fraction of sp³-hybridized carbons (Fsp3) is 0.348. The van der Waals surface area contributed by atoms with E-state index in [1.807, 2.05) is 35.7 Å². The van der Waals surface area contributed by atoms with Crippen LogP contribution in [0.2, 0.25) is 0 Å². The van der Waals surface area contributed by atoms with Gasteiger partial charge in [-0.15, -0.1) is 11.3 Å². The van der Waals surface area contributed by atoms with Crippen molar-refractivity contribution in [3.05, 3.63) is 58.9 Å². The number of thiophene rings is 1. The summed E-state index contributed by atoms with van der Waals surface area (Å²) in [6.45, 7) is 5.13. The maximum atomic E-state index is 5.76. The summed E-state index contributed by atoms with van der Waals surface area (Å²) >= 11 is 7.34. The van der Waals surface area contributed by atoms with Crippen LogP contribution in [0.4, 0.5) is 0 Å². The molecule has 0 fully saturated rings. The molecule has 1 aromatic carbocycles. The van der Waals surface area contributed by atoms with E-state index in [0.29, 0.717) is 16.8 Å². The second-order valence-corrected chi connectivity index (χ2v) is 8.75. The van der Waals surface area contributed by atoms with Crippen LogP contribution in [0, 0.1) is 0 Å². The molecule has 1 unspecified atom stereocenters. The van der Waals surface area contributed by atoms with E-state index in [-0.39, 0.29) is 6.04 Å². The van der Waals surface area contributed by atoms with E-state index >= 15 is 0 Å². The number of benzene rings is 1. The number of aromatic nitrogens is 2. The number of ether oxygens (including phenoxy) is 1. The fourth-order valence-electron chi connectivity index (χ4n) is 3.76. The van der Waals surface area contributed by atoms with E-state index in [1.54, 1.807) is 18.4 Å². The Hall–Kier alpha value is -2.71. The summed E-state index contributed by atoms with van der Waals surface area (Å²) in [6, 6.07) is 11.7. The molecule has 6 nitrogen and oxygen atoms in total. The standard InChI is InChI=1S/C23H26N4O2S2/c1-4-5-6-12-27-15(2)19(22-25-21(26-29-22)18-11-8-13-31-18)20(24-23(27)30)16-9-7-10-17(14-16)28-3/h7-11,13-14,20H,4-6,12H2,1-3H3,(H,24,30). The highest BCUT2D eigenvalue weighted by atomic mass is 32.1. The Kier molecular flexibility index (Phi) is 6.67. The van der Waals surface area contributed by atoms with E-state index in [0.717, 1.165) is 53.3 Å². The molecule has 162 valence electrons. The molecule has 4 rings (SSSR count). The number of rotatable bonds is 8. The molecule has 1 N–H and O–H groups in total. The van der Waals surface area contributed by atoms with Gasteiger partial charge < -0.3 is 19.5 Å². The van der Waals surface area contributed by atoms with Crippen LogP contribution in [0.1, 0.15) is 50.6 Å². The van der Waals surface area contributed by atoms with Crippen LogP contribution in [0.15, 0.2) is 52.0 Å². The van der Waals surface area contributed by atoms with Crippen molar-refractivity contribution in [3.8, 4) is 16.5 Å². The van der Waals surface area contributed by atoms with Gasteiger partial charge in [0.15, 0.2) is 5.11 Å². The normalized spacial score (nSPS) is 16.5. The predicted octanol–water partition coefficient (Wildman–Crippen LogP) is 5.66. The Morgan fingerprint density at radius 2 is 2.13 bits per heavy atom. The number of nitrogens with zero attached hydrogens (tertiary/aromatic N) is 3. The molecule has 3 aromatic rings. The molecule has 0 aliphatic carbocycles. The molecule has 8 heteroatoms. The Balaban J connectivity index is 1.77. The van der Waals surface area contributed by atoms with Crippen LogP contribution < -0.4 is 10.1 Å².